The Balaban J connectivity index is 1.48. The summed E-state index contributed by atoms with van der Waals surface area (Å²) in [5.41, 5.74) is 3.33. The Bertz CT molecular complexity index is 1340. The first-order chi connectivity index (χ1) is 17.0. The fraction of sp³-hybridized carbons (Fsp3) is 0.214. The highest BCUT2D eigenvalue weighted by Crippen LogP contribution is 2.38. The minimum absolute atomic E-state index is 0.113. The van der Waals surface area contributed by atoms with Gasteiger partial charge in [0, 0.05) is 23.3 Å². The standard InChI is InChI=1S/C28H28N2O5/c1-18-19(2)24(11-10-22(18)30-28(31)13-15-34-20-8-6-5-7-9-20)35-25-12-14-29-23-17-27(33-4)26(32-3)16-21(23)25/h5-12,14,16-17H,13,15H2,1-4H3,(H,30,31). The molecule has 0 fully saturated rings. The number of para-hydroxylation sites is 1. The Hall–Kier alpha value is -4.26. The van der Waals surface area contributed by atoms with Crippen LogP contribution in [0.25, 0.3) is 10.9 Å². The molecule has 0 bridgehead atoms. The van der Waals surface area contributed by atoms with Gasteiger partial charge in [0.05, 0.1) is 32.8 Å². The van der Waals surface area contributed by atoms with Gasteiger partial charge in [0.25, 0.3) is 0 Å². The number of benzene rings is 3. The molecule has 4 aromatic rings. The number of pyridine rings is 1. The Kier molecular flexibility index (Phi) is 7.35. The lowest BCUT2D eigenvalue weighted by atomic mass is 10.1. The van der Waals surface area contributed by atoms with Gasteiger partial charge in [0.1, 0.15) is 17.2 Å². The molecule has 1 N–H and O–H groups in total. The number of hydrogen-bond acceptors (Lipinski definition) is 6. The van der Waals surface area contributed by atoms with Gasteiger partial charge in [-0.05, 0) is 61.4 Å². The van der Waals surface area contributed by atoms with Crippen LogP contribution < -0.4 is 24.3 Å². The van der Waals surface area contributed by atoms with E-state index < -0.39 is 0 Å². The number of amides is 1. The number of anilines is 1. The maximum atomic E-state index is 12.4. The van der Waals surface area contributed by atoms with Gasteiger partial charge in [0.2, 0.25) is 5.91 Å². The van der Waals surface area contributed by atoms with Gasteiger partial charge in [-0.15, -0.1) is 0 Å². The highest BCUT2D eigenvalue weighted by molar-refractivity contribution is 5.92. The number of rotatable bonds is 9. The number of nitrogens with one attached hydrogen (secondary N) is 1. The molecule has 0 aliphatic rings. The lowest BCUT2D eigenvalue weighted by Gasteiger charge is -2.16. The van der Waals surface area contributed by atoms with Crippen molar-refractivity contribution in [2.24, 2.45) is 0 Å². The summed E-state index contributed by atoms with van der Waals surface area (Å²) in [6.07, 6.45) is 1.94. The summed E-state index contributed by atoms with van der Waals surface area (Å²) < 4.78 is 22.7. The van der Waals surface area contributed by atoms with Gasteiger partial charge in [-0.3, -0.25) is 9.78 Å². The normalized spacial score (nSPS) is 10.6. The van der Waals surface area contributed by atoms with Crippen LogP contribution in [-0.4, -0.2) is 31.7 Å². The summed E-state index contributed by atoms with van der Waals surface area (Å²) in [7, 11) is 3.18. The van der Waals surface area contributed by atoms with Crippen molar-refractivity contribution in [3.05, 3.63) is 78.0 Å². The average molecular weight is 473 g/mol. The van der Waals surface area contributed by atoms with Gasteiger partial charge in [-0.2, -0.15) is 0 Å². The van der Waals surface area contributed by atoms with Crippen LogP contribution in [0.3, 0.4) is 0 Å². The number of fused-ring (bicyclic) bond motifs is 1. The average Bonchev–Trinajstić information content (AvgIpc) is 2.88. The number of methoxy groups -OCH3 is 2. The SMILES string of the molecule is COc1cc2nccc(Oc3ccc(NC(=O)CCOc4ccccc4)c(C)c3C)c2cc1OC. The van der Waals surface area contributed by atoms with Crippen molar-refractivity contribution in [2.45, 2.75) is 20.3 Å². The number of carbonyl (C=O) groups excluding carboxylic acids is 1. The van der Waals surface area contributed by atoms with Crippen molar-refractivity contribution in [2.75, 3.05) is 26.1 Å². The van der Waals surface area contributed by atoms with Crippen molar-refractivity contribution < 1.29 is 23.7 Å². The number of nitrogens with zero attached hydrogens (tertiary/aromatic N) is 1. The van der Waals surface area contributed by atoms with Gasteiger partial charge in [-0.25, -0.2) is 0 Å². The van der Waals surface area contributed by atoms with Gasteiger partial charge < -0.3 is 24.3 Å². The van der Waals surface area contributed by atoms with Crippen LogP contribution >= 0.6 is 0 Å². The minimum atomic E-state index is -0.113. The molecule has 35 heavy (non-hydrogen) atoms. The van der Waals surface area contributed by atoms with E-state index in [0.717, 1.165) is 33.5 Å². The van der Waals surface area contributed by atoms with Crippen LogP contribution in [-0.2, 0) is 4.79 Å². The molecule has 180 valence electrons. The summed E-state index contributed by atoms with van der Waals surface area (Å²) in [5, 5.41) is 3.77. The molecule has 0 aliphatic heterocycles. The second-order valence-corrected chi connectivity index (χ2v) is 7.96. The van der Waals surface area contributed by atoms with E-state index in [4.69, 9.17) is 18.9 Å². The molecule has 0 radical (unpaired) electrons. The molecule has 0 spiro atoms. The van der Waals surface area contributed by atoms with E-state index in [2.05, 4.69) is 10.3 Å². The van der Waals surface area contributed by atoms with Crippen LogP contribution in [0.2, 0.25) is 0 Å². The van der Waals surface area contributed by atoms with E-state index >= 15 is 0 Å². The van der Waals surface area contributed by atoms with Crippen molar-refractivity contribution in [3.8, 4) is 28.7 Å². The maximum absolute atomic E-state index is 12.4. The number of ether oxygens (including phenoxy) is 4. The smallest absolute Gasteiger partial charge is 0.227 e. The predicted octanol–water partition coefficient (Wildman–Crippen LogP) is 6.07. The molecular formula is C28H28N2O5. The molecular weight excluding hydrogens is 444 g/mol. The Labute approximate surface area is 204 Å². The first kappa shape index (κ1) is 23.9. The predicted molar refractivity (Wildman–Crippen MR) is 136 cm³/mol. The first-order valence-corrected chi connectivity index (χ1v) is 11.3. The summed E-state index contributed by atoms with van der Waals surface area (Å²) >= 11 is 0. The zero-order valence-corrected chi connectivity index (χ0v) is 20.3. The second-order valence-electron chi connectivity index (χ2n) is 7.96. The fourth-order valence-corrected chi connectivity index (χ4v) is 3.69. The summed E-state index contributed by atoms with van der Waals surface area (Å²) in [6.45, 7) is 4.22. The maximum Gasteiger partial charge on any atom is 0.227 e. The van der Waals surface area contributed by atoms with Crippen molar-refractivity contribution in [3.63, 3.8) is 0 Å². The molecule has 7 nitrogen and oxygen atoms in total. The van der Waals surface area contributed by atoms with Crippen LogP contribution in [0.5, 0.6) is 28.7 Å². The number of aromatic nitrogens is 1. The van der Waals surface area contributed by atoms with E-state index in [-0.39, 0.29) is 12.3 Å². The quantitative estimate of drug-likeness (QED) is 0.319. The largest absolute Gasteiger partial charge is 0.493 e. The molecule has 0 atom stereocenters. The molecule has 3 aromatic carbocycles. The van der Waals surface area contributed by atoms with Crippen LogP contribution in [0.1, 0.15) is 17.5 Å². The monoisotopic (exact) mass is 472 g/mol. The van der Waals surface area contributed by atoms with E-state index in [1.807, 2.05) is 74.5 Å². The van der Waals surface area contributed by atoms with E-state index in [9.17, 15) is 4.79 Å². The number of carbonyl (C=O) groups is 1. The Morgan fingerprint density at radius 1 is 0.857 bits per heavy atom. The third-order valence-corrected chi connectivity index (χ3v) is 5.78. The van der Waals surface area contributed by atoms with Crippen molar-refractivity contribution >= 4 is 22.5 Å². The molecule has 0 saturated carbocycles. The molecule has 0 saturated heterocycles. The lowest BCUT2D eigenvalue weighted by Crippen LogP contribution is -2.16. The molecule has 4 rings (SSSR count). The first-order valence-electron chi connectivity index (χ1n) is 11.3. The van der Waals surface area contributed by atoms with Gasteiger partial charge in [-0.1, -0.05) is 18.2 Å². The summed E-state index contributed by atoms with van der Waals surface area (Å²) in [6, 6.07) is 18.6. The van der Waals surface area contributed by atoms with Crippen LogP contribution in [0, 0.1) is 13.8 Å². The molecule has 1 heterocycles. The summed E-state index contributed by atoms with van der Waals surface area (Å²) in [4.78, 5) is 16.9. The van der Waals surface area contributed by atoms with Gasteiger partial charge >= 0.3 is 0 Å². The van der Waals surface area contributed by atoms with Gasteiger partial charge in [0.15, 0.2) is 11.5 Å². The Morgan fingerprint density at radius 3 is 2.34 bits per heavy atom. The van der Waals surface area contributed by atoms with E-state index in [0.29, 0.717) is 29.6 Å². The zero-order chi connectivity index (χ0) is 24.8. The van der Waals surface area contributed by atoms with E-state index in [1.165, 1.54) is 0 Å². The fourth-order valence-electron chi connectivity index (χ4n) is 3.69. The molecule has 7 heteroatoms. The molecule has 0 aliphatic carbocycles. The third kappa shape index (κ3) is 5.46. The molecule has 1 aromatic heterocycles. The topological polar surface area (TPSA) is 78.9 Å². The molecule has 0 unspecified atom stereocenters. The second kappa shape index (κ2) is 10.8. The van der Waals surface area contributed by atoms with Crippen molar-refractivity contribution in [1.29, 1.82) is 0 Å². The third-order valence-electron chi connectivity index (χ3n) is 5.78. The molecule has 1 amide bonds. The van der Waals surface area contributed by atoms with E-state index in [1.54, 1.807) is 20.4 Å². The lowest BCUT2D eigenvalue weighted by molar-refractivity contribution is -0.116. The highest BCUT2D eigenvalue weighted by atomic mass is 16.5. The number of hydrogen-bond donors (Lipinski definition) is 1. The van der Waals surface area contributed by atoms with Crippen LogP contribution in [0.4, 0.5) is 5.69 Å². The minimum Gasteiger partial charge on any atom is -0.493 e. The zero-order valence-electron chi connectivity index (χ0n) is 20.3. The Morgan fingerprint density at radius 2 is 1.60 bits per heavy atom. The van der Waals surface area contributed by atoms with Crippen LogP contribution in [0.15, 0.2) is 66.9 Å². The summed E-state index contributed by atoms with van der Waals surface area (Å²) in [5.74, 6) is 3.17. The van der Waals surface area contributed by atoms with Crippen molar-refractivity contribution in [1.82, 2.24) is 4.98 Å². The highest BCUT2D eigenvalue weighted by Gasteiger charge is 2.14.